The molecule has 0 saturated heterocycles. The third-order valence-corrected chi connectivity index (χ3v) is 3.98. The van der Waals surface area contributed by atoms with Crippen LogP contribution in [0.4, 0.5) is 17.3 Å². The summed E-state index contributed by atoms with van der Waals surface area (Å²) in [6.07, 6.45) is 3.00. The monoisotopic (exact) mass is 348 g/mol. The molecule has 6 heteroatoms. The van der Waals surface area contributed by atoms with E-state index in [0.29, 0.717) is 17.2 Å². The Morgan fingerprint density at radius 1 is 0.962 bits per heavy atom. The third kappa shape index (κ3) is 3.97. The number of methoxy groups -OCH3 is 1. The standard InChI is InChI=1S/C20H20N4O2/c1-13-5-4-6-14(2)18(13)24-20-21-11-15(12-22-20)19(25)23-16-7-9-17(26-3)10-8-16/h4-12H,1-3H3,(H,23,25)(H,21,22,24). The van der Waals surface area contributed by atoms with Gasteiger partial charge in [-0.1, -0.05) is 18.2 Å². The molecule has 1 aromatic heterocycles. The van der Waals surface area contributed by atoms with Crippen molar-refractivity contribution in [2.75, 3.05) is 17.7 Å². The summed E-state index contributed by atoms with van der Waals surface area (Å²) in [7, 11) is 1.60. The second kappa shape index (κ2) is 7.65. The van der Waals surface area contributed by atoms with Crippen molar-refractivity contribution in [3.8, 4) is 5.75 Å². The molecule has 0 radical (unpaired) electrons. The van der Waals surface area contributed by atoms with Crippen LogP contribution in [0.5, 0.6) is 5.75 Å². The largest absolute Gasteiger partial charge is 0.497 e. The fourth-order valence-electron chi connectivity index (χ4n) is 2.51. The lowest BCUT2D eigenvalue weighted by Crippen LogP contribution is -2.13. The highest BCUT2D eigenvalue weighted by Gasteiger charge is 2.09. The molecule has 2 N–H and O–H groups in total. The number of hydrogen-bond donors (Lipinski definition) is 2. The van der Waals surface area contributed by atoms with Crippen molar-refractivity contribution in [3.05, 3.63) is 71.5 Å². The van der Waals surface area contributed by atoms with Crippen LogP contribution in [0.15, 0.2) is 54.9 Å². The van der Waals surface area contributed by atoms with Gasteiger partial charge in [-0.15, -0.1) is 0 Å². The highest BCUT2D eigenvalue weighted by Crippen LogP contribution is 2.22. The number of ether oxygens (including phenoxy) is 1. The van der Waals surface area contributed by atoms with Gasteiger partial charge in [-0.3, -0.25) is 4.79 Å². The quantitative estimate of drug-likeness (QED) is 0.726. The highest BCUT2D eigenvalue weighted by atomic mass is 16.5. The molecule has 0 aliphatic rings. The van der Waals surface area contributed by atoms with Gasteiger partial charge in [0.25, 0.3) is 5.91 Å². The summed E-state index contributed by atoms with van der Waals surface area (Å²) in [5, 5.41) is 6.00. The number of carbonyl (C=O) groups is 1. The Morgan fingerprint density at radius 3 is 2.15 bits per heavy atom. The van der Waals surface area contributed by atoms with Crippen LogP contribution in [0.1, 0.15) is 21.5 Å². The van der Waals surface area contributed by atoms with Crippen LogP contribution in [-0.2, 0) is 0 Å². The molecule has 132 valence electrons. The molecule has 0 aliphatic carbocycles. The smallest absolute Gasteiger partial charge is 0.258 e. The van der Waals surface area contributed by atoms with Crippen molar-refractivity contribution in [2.45, 2.75) is 13.8 Å². The minimum Gasteiger partial charge on any atom is -0.497 e. The zero-order valence-corrected chi connectivity index (χ0v) is 14.9. The summed E-state index contributed by atoms with van der Waals surface area (Å²) >= 11 is 0. The van der Waals surface area contributed by atoms with Crippen molar-refractivity contribution in [1.82, 2.24) is 9.97 Å². The first-order valence-electron chi connectivity index (χ1n) is 8.17. The molecule has 0 spiro atoms. The van der Waals surface area contributed by atoms with Crippen LogP contribution in [0, 0.1) is 13.8 Å². The minimum absolute atomic E-state index is 0.270. The van der Waals surface area contributed by atoms with Crippen LogP contribution < -0.4 is 15.4 Å². The fourth-order valence-corrected chi connectivity index (χ4v) is 2.51. The van der Waals surface area contributed by atoms with Gasteiger partial charge < -0.3 is 15.4 Å². The average molecular weight is 348 g/mol. The van der Waals surface area contributed by atoms with E-state index in [-0.39, 0.29) is 5.91 Å². The van der Waals surface area contributed by atoms with Gasteiger partial charge in [0.2, 0.25) is 5.95 Å². The Hall–Kier alpha value is -3.41. The maximum atomic E-state index is 12.3. The lowest BCUT2D eigenvalue weighted by atomic mass is 10.1. The summed E-state index contributed by atoms with van der Waals surface area (Å²) in [6, 6.07) is 13.2. The molecule has 0 saturated carbocycles. The summed E-state index contributed by atoms with van der Waals surface area (Å²) in [5.74, 6) is 0.908. The first-order chi connectivity index (χ1) is 12.6. The zero-order valence-electron chi connectivity index (χ0n) is 14.9. The molecular formula is C20H20N4O2. The Balaban J connectivity index is 1.69. The second-order valence-electron chi connectivity index (χ2n) is 5.87. The fraction of sp³-hybridized carbons (Fsp3) is 0.150. The van der Waals surface area contributed by atoms with E-state index in [9.17, 15) is 4.79 Å². The van der Waals surface area contributed by atoms with E-state index in [1.165, 1.54) is 12.4 Å². The van der Waals surface area contributed by atoms with Crippen LogP contribution in [0.25, 0.3) is 0 Å². The molecule has 0 bridgehead atoms. The van der Waals surface area contributed by atoms with Crippen molar-refractivity contribution < 1.29 is 9.53 Å². The molecule has 1 heterocycles. The predicted molar refractivity (Wildman–Crippen MR) is 102 cm³/mol. The number of amides is 1. The first-order valence-corrected chi connectivity index (χ1v) is 8.17. The average Bonchev–Trinajstić information content (AvgIpc) is 2.66. The van der Waals surface area contributed by atoms with Gasteiger partial charge in [-0.2, -0.15) is 0 Å². The maximum Gasteiger partial charge on any atom is 0.258 e. The van der Waals surface area contributed by atoms with E-state index in [2.05, 4.69) is 20.6 Å². The molecule has 2 aromatic carbocycles. The number of aryl methyl sites for hydroxylation is 2. The summed E-state index contributed by atoms with van der Waals surface area (Å²) in [6.45, 7) is 4.04. The summed E-state index contributed by atoms with van der Waals surface area (Å²) in [4.78, 5) is 20.8. The minimum atomic E-state index is -0.270. The van der Waals surface area contributed by atoms with Gasteiger partial charge in [0, 0.05) is 23.8 Å². The van der Waals surface area contributed by atoms with Crippen molar-refractivity contribution in [3.63, 3.8) is 0 Å². The molecule has 0 unspecified atom stereocenters. The summed E-state index contributed by atoms with van der Waals surface area (Å²) < 4.78 is 5.10. The predicted octanol–water partition coefficient (Wildman–Crippen LogP) is 4.10. The van der Waals surface area contributed by atoms with Crippen molar-refractivity contribution in [1.29, 1.82) is 0 Å². The normalized spacial score (nSPS) is 10.3. The van der Waals surface area contributed by atoms with Gasteiger partial charge in [0.05, 0.1) is 12.7 Å². The maximum absolute atomic E-state index is 12.3. The van der Waals surface area contributed by atoms with Crippen LogP contribution >= 0.6 is 0 Å². The Labute approximate surface area is 152 Å². The Kier molecular flexibility index (Phi) is 5.12. The van der Waals surface area contributed by atoms with Crippen LogP contribution in [-0.4, -0.2) is 23.0 Å². The van der Waals surface area contributed by atoms with Gasteiger partial charge in [0.15, 0.2) is 0 Å². The number of nitrogens with one attached hydrogen (secondary N) is 2. The zero-order chi connectivity index (χ0) is 18.5. The Morgan fingerprint density at radius 2 is 1.58 bits per heavy atom. The van der Waals surface area contributed by atoms with E-state index >= 15 is 0 Å². The van der Waals surface area contributed by atoms with Crippen molar-refractivity contribution >= 4 is 23.2 Å². The van der Waals surface area contributed by atoms with Gasteiger partial charge in [-0.05, 0) is 49.2 Å². The molecule has 1 amide bonds. The number of carbonyl (C=O) groups excluding carboxylic acids is 1. The lowest BCUT2D eigenvalue weighted by molar-refractivity contribution is 0.102. The van der Waals surface area contributed by atoms with E-state index in [1.54, 1.807) is 31.4 Å². The number of rotatable bonds is 5. The van der Waals surface area contributed by atoms with E-state index in [1.807, 2.05) is 32.0 Å². The molecule has 0 atom stereocenters. The molecule has 6 nitrogen and oxygen atoms in total. The topological polar surface area (TPSA) is 76.1 Å². The molecular weight excluding hydrogens is 328 g/mol. The van der Waals surface area contributed by atoms with E-state index in [0.717, 1.165) is 22.6 Å². The Bertz CT molecular complexity index is 886. The molecule has 3 rings (SSSR count). The molecule has 3 aromatic rings. The number of benzene rings is 2. The van der Waals surface area contributed by atoms with E-state index < -0.39 is 0 Å². The number of para-hydroxylation sites is 1. The van der Waals surface area contributed by atoms with Gasteiger partial charge in [-0.25, -0.2) is 9.97 Å². The second-order valence-corrected chi connectivity index (χ2v) is 5.87. The van der Waals surface area contributed by atoms with Crippen LogP contribution in [0.2, 0.25) is 0 Å². The van der Waals surface area contributed by atoms with Crippen LogP contribution in [0.3, 0.4) is 0 Å². The first kappa shape index (κ1) is 17.4. The molecule has 0 aliphatic heterocycles. The molecule has 26 heavy (non-hydrogen) atoms. The van der Waals surface area contributed by atoms with Crippen molar-refractivity contribution in [2.24, 2.45) is 0 Å². The molecule has 0 fully saturated rings. The van der Waals surface area contributed by atoms with Gasteiger partial charge in [0.1, 0.15) is 5.75 Å². The number of hydrogen-bond acceptors (Lipinski definition) is 5. The number of nitrogens with zero attached hydrogens (tertiary/aromatic N) is 2. The third-order valence-electron chi connectivity index (χ3n) is 3.98. The lowest BCUT2D eigenvalue weighted by Gasteiger charge is -2.11. The highest BCUT2D eigenvalue weighted by molar-refractivity contribution is 6.03. The van der Waals surface area contributed by atoms with Gasteiger partial charge >= 0.3 is 0 Å². The number of anilines is 3. The summed E-state index contributed by atoms with van der Waals surface area (Å²) in [5.41, 5.74) is 4.24. The number of aromatic nitrogens is 2. The SMILES string of the molecule is COc1ccc(NC(=O)c2cnc(Nc3c(C)cccc3C)nc2)cc1. The van der Waals surface area contributed by atoms with E-state index in [4.69, 9.17) is 4.74 Å².